The van der Waals surface area contributed by atoms with Crippen LogP contribution >= 0.6 is 0 Å². The number of unbranched alkanes of at least 4 members (excludes halogenated alkanes) is 2. The molecular weight excluding hydrogens is 540 g/mol. The highest BCUT2D eigenvalue weighted by Crippen LogP contribution is 2.44. The summed E-state index contributed by atoms with van der Waals surface area (Å²) in [4.78, 5) is 26.2. The van der Waals surface area contributed by atoms with Crippen molar-refractivity contribution in [3.63, 3.8) is 0 Å². The summed E-state index contributed by atoms with van der Waals surface area (Å²) in [6.45, 7) is 4.21. The van der Waals surface area contributed by atoms with Gasteiger partial charge in [-0.1, -0.05) is 63.1 Å². The molecule has 6 rings (SSSR count). The fourth-order valence-corrected chi connectivity index (χ4v) is 6.52. The van der Waals surface area contributed by atoms with Gasteiger partial charge in [-0.3, -0.25) is 0 Å². The molecule has 0 radical (unpaired) electrons. The summed E-state index contributed by atoms with van der Waals surface area (Å²) >= 11 is 0. The van der Waals surface area contributed by atoms with E-state index in [0.29, 0.717) is 59.4 Å². The molecule has 0 fully saturated rings. The first-order chi connectivity index (χ1) is 20.9. The molecule has 4 aromatic carbocycles. The third-order valence-electron chi connectivity index (χ3n) is 8.69. The fourth-order valence-electron chi connectivity index (χ4n) is 6.52. The Morgan fingerprint density at radius 2 is 1.07 bits per heavy atom. The molecule has 0 aromatic heterocycles. The maximum absolute atomic E-state index is 13.1. The van der Waals surface area contributed by atoms with Crippen molar-refractivity contribution in [2.45, 2.75) is 71.6 Å². The Labute approximate surface area is 251 Å². The molecule has 2 aliphatic rings. The van der Waals surface area contributed by atoms with Gasteiger partial charge in [0.2, 0.25) is 0 Å². The molecule has 0 saturated carbocycles. The number of hydrogen-bond donors (Lipinski definition) is 2. The van der Waals surface area contributed by atoms with Crippen molar-refractivity contribution >= 4 is 11.9 Å². The Morgan fingerprint density at radius 3 is 1.47 bits per heavy atom. The maximum Gasteiger partial charge on any atom is 0.336 e. The summed E-state index contributed by atoms with van der Waals surface area (Å²) in [5.41, 5.74) is 6.77. The highest BCUT2D eigenvalue weighted by molar-refractivity contribution is 5.95. The van der Waals surface area contributed by atoms with Gasteiger partial charge in [0.05, 0.1) is 11.1 Å². The Morgan fingerprint density at radius 1 is 0.651 bits per heavy atom. The minimum atomic E-state index is -1.02. The first kappa shape index (κ1) is 28.5. The summed E-state index contributed by atoms with van der Waals surface area (Å²) in [7, 11) is 0. The van der Waals surface area contributed by atoms with Gasteiger partial charge in [0.1, 0.15) is 23.0 Å². The summed E-state index contributed by atoms with van der Waals surface area (Å²) in [6.07, 6.45) is 6.10. The average molecular weight is 577 g/mol. The zero-order chi connectivity index (χ0) is 30.1. The molecule has 2 heterocycles. The van der Waals surface area contributed by atoms with Gasteiger partial charge in [0.25, 0.3) is 0 Å². The number of rotatable bonds is 10. The lowest BCUT2D eigenvalue weighted by molar-refractivity contribution is 0.0685. The Bertz CT molecular complexity index is 1610. The second-order valence-electron chi connectivity index (χ2n) is 11.5. The van der Waals surface area contributed by atoms with Crippen LogP contribution < -0.4 is 9.47 Å². The number of carboxylic acids is 2. The zero-order valence-corrected chi connectivity index (χ0v) is 24.7. The predicted molar refractivity (Wildman–Crippen MR) is 165 cm³/mol. The van der Waals surface area contributed by atoms with E-state index in [1.165, 1.54) is 0 Å². The van der Waals surface area contributed by atoms with Crippen LogP contribution in [0.3, 0.4) is 0 Å². The standard InChI is InChI=1S/C37H36O6/c1-3-5-11-22-19-32-28(17-24-13-7-9-15-30(24)42-32)34(36(38)39)26(22)21-27-23(12-6-4-2)20-33-29(35(27)37(40)41)18-25-14-8-10-16-31(25)43-33/h7-10,13-16,19-20H,3-6,11-12,17-18,21H2,1-2H3,(H,38,39)(H,40,41). The van der Waals surface area contributed by atoms with Crippen molar-refractivity contribution in [1.29, 1.82) is 0 Å². The lowest BCUT2D eigenvalue weighted by Crippen LogP contribution is -2.19. The fraction of sp³-hybridized carbons (Fsp3) is 0.297. The SMILES string of the molecule is CCCCc1cc2c(c(C(=O)O)c1Cc1c(CCCC)cc3c(c1C(=O)O)Cc1ccccc1O3)Cc1ccccc1O2. The van der Waals surface area contributed by atoms with E-state index >= 15 is 0 Å². The first-order valence-corrected chi connectivity index (χ1v) is 15.2. The van der Waals surface area contributed by atoms with Crippen LogP contribution in [0.5, 0.6) is 23.0 Å². The molecule has 4 aromatic rings. The molecule has 0 bridgehead atoms. The molecule has 0 aliphatic carbocycles. The van der Waals surface area contributed by atoms with Gasteiger partial charge in [-0.25, -0.2) is 9.59 Å². The van der Waals surface area contributed by atoms with Gasteiger partial charge < -0.3 is 19.7 Å². The van der Waals surface area contributed by atoms with Gasteiger partial charge in [-0.05, 0) is 89.8 Å². The molecule has 0 spiro atoms. The van der Waals surface area contributed by atoms with Crippen molar-refractivity contribution in [3.8, 4) is 23.0 Å². The molecule has 6 nitrogen and oxygen atoms in total. The smallest absolute Gasteiger partial charge is 0.336 e. The monoisotopic (exact) mass is 576 g/mol. The van der Waals surface area contributed by atoms with Crippen molar-refractivity contribution < 1.29 is 29.3 Å². The highest BCUT2D eigenvalue weighted by Gasteiger charge is 2.32. The van der Waals surface area contributed by atoms with Crippen LogP contribution in [0.4, 0.5) is 0 Å². The van der Waals surface area contributed by atoms with E-state index in [4.69, 9.17) is 9.47 Å². The quantitative estimate of drug-likeness (QED) is 0.169. The summed E-state index contributed by atoms with van der Waals surface area (Å²) in [5, 5.41) is 21.4. The van der Waals surface area contributed by atoms with Crippen LogP contribution in [0, 0.1) is 0 Å². The number of fused-ring (bicyclic) bond motifs is 4. The summed E-state index contributed by atoms with van der Waals surface area (Å²) in [5.74, 6) is 0.595. The van der Waals surface area contributed by atoms with Gasteiger partial charge in [0, 0.05) is 24.0 Å². The largest absolute Gasteiger partial charge is 0.478 e. The molecule has 0 unspecified atom stereocenters. The molecule has 0 atom stereocenters. The molecule has 220 valence electrons. The summed E-state index contributed by atoms with van der Waals surface area (Å²) < 4.78 is 12.5. The number of para-hydroxylation sites is 2. The van der Waals surface area contributed by atoms with Crippen LogP contribution in [0.1, 0.15) is 105 Å². The Balaban J connectivity index is 1.56. The number of ether oxygens (including phenoxy) is 2. The molecule has 0 saturated heterocycles. The van der Waals surface area contributed by atoms with E-state index in [0.717, 1.165) is 59.4 Å². The lowest BCUT2D eigenvalue weighted by atomic mass is 9.81. The Hall–Kier alpha value is -4.58. The van der Waals surface area contributed by atoms with Crippen molar-refractivity contribution in [1.82, 2.24) is 0 Å². The van der Waals surface area contributed by atoms with Gasteiger partial charge in [0.15, 0.2) is 0 Å². The van der Waals surface area contributed by atoms with Gasteiger partial charge >= 0.3 is 11.9 Å². The minimum absolute atomic E-state index is 0.214. The molecule has 6 heteroatoms. The van der Waals surface area contributed by atoms with Gasteiger partial charge in [-0.2, -0.15) is 0 Å². The van der Waals surface area contributed by atoms with Crippen LogP contribution in [0.15, 0.2) is 60.7 Å². The van der Waals surface area contributed by atoms with Crippen LogP contribution in [-0.2, 0) is 32.1 Å². The number of hydrogen-bond acceptors (Lipinski definition) is 4. The number of carbonyl (C=O) groups is 2. The average Bonchev–Trinajstić information content (AvgIpc) is 3.00. The molecular formula is C37H36O6. The van der Waals surface area contributed by atoms with E-state index in [9.17, 15) is 19.8 Å². The van der Waals surface area contributed by atoms with Crippen LogP contribution in [0.2, 0.25) is 0 Å². The third-order valence-corrected chi connectivity index (χ3v) is 8.69. The second kappa shape index (κ2) is 12.0. The molecule has 43 heavy (non-hydrogen) atoms. The Kier molecular flexibility index (Phi) is 7.94. The van der Waals surface area contributed by atoms with E-state index in [1.807, 2.05) is 60.7 Å². The first-order valence-electron chi connectivity index (χ1n) is 15.2. The van der Waals surface area contributed by atoms with E-state index in [2.05, 4.69) is 13.8 Å². The van der Waals surface area contributed by atoms with Crippen molar-refractivity contribution in [2.75, 3.05) is 0 Å². The van der Waals surface area contributed by atoms with Crippen LogP contribution in [-0.4, -0.2) is 22.2 Å². The molecule has 2 N–H and O–H groups in total. The number of aryl methyl sites for hydroxylation is 2. The topological polar surface area (TPSA) is 93.1 Å². The number of carboxylic acid groups (broad SMARTS) is 2. The summed E-state index contributed by atoms with van der Waals surface area (Å²) in [6, 6.07) is 19.4. The lowest BCUT2D eigenvalue weighted by Gasteiger charge is -2.28. The number of benzene rings is 4. The molecule has 0 amide bonds. The van der Waals surface area contributed by atoms with Crippen molar-refractivity contribution in [2.24, 2.45) is 0 Å². The van der Waals surface area contributed by atoms with E-state index in [1.54, 1.807) is 0 Å². The van der Waals surface area contributed by atoms with Crippen LogP contribution in [0.25, 0.3) is 0 Å². The normalized spacial score (nSPS) is 12.7. The third kappa shape index (κ3) is 5.38. The van der Waals surface area contributed by atoms with E-state index in [-0.39, 0.29) is 17.5 Å². The minimum Gasteiger partial charge on any atom is -0.478 e. The maximum atomic E-state index is 13.1. The zero-order valence-electron chi connectivity index (χ0n) is 24.7. The molecule has 2 aliphatic heterocycles. The predicted octanol–water partition coefficient (Wildman–Crippen LogP) is 8.75. The number of aromatic carboxylic acids is 2. The second-order valence-corrected chi connectivity index (χ2v) is 11.5. The van der Waals surface area contributed by atoms with Gasteiger partial charge in [-0.15, -0.1) is 0 Å². The van der Waals surface area contributed by atoms with E-state index < -0.39 is 11.9 Å². The van der Waals surface area contributed by atoms with Crippen molar-refractivity contribution in [3.05, 3.63) is 116 Å². The highest BCUT2D eigenvalue weighted by atomic mass is 16.5.